The minimum Gasteiger partial charge on any atom is -0.447 e. The number of alkyl halides is 1. The minimum absolute atomic E-state index is 0.0154. The van der Waals surface area contributed by atoms with Gasteiger partial charge in [-0.1, -0.05) is 11.6 Å². The summed E-state index contributed by atoms with van der Waals surface area (Å²) in [5.41, 5.74) is 0.850. The summed E-state index contributed by atoms with van der Waals surface area (Å²) in [7, 11) is 0. The second-order valence-corrected chi connectivity index (χ2v) is 7.79. The van der Waals surface area contributed by atoms with Crippen LogP contribution in [0.25, 0.3) is 10.9 Å². The maximum absolute atomic E-state index is 13.9. The van der Waals surface area contributed by atoms with Gasteiger partial charge in [-0.3, -0.25) is 4.79 Å². The molecule has 4 rings (SSSR count). The zero-order chi connectivity index (χ0) is 22.3. The van der Waals surface area contributed by atoms with Crippen molar-refractivity contribution in [2.24, 2.45) is 0 Å². The van der Waals surface area contributed by atoms with Gasteiger partial charge in [-0.2, -0.15) is 15.0 Å². The highest BCUT2D eigenvalue weighted by Gasteiger charge is 2.40. The molecular weight excluding hydrogens is 427 g/mol. The van der Waals surface area contributed by atoms with E-state index in [1.54, 1.807) is 38.1 Å². The number of ether oxygens (including phenoxy) is 1. The summed E-state index contributed by atoms with van der Waals surface area (Å²) in [5, 5.41) is 4.39. The Hall–Kier alpha value is -3.27. The fraction of sp³-hybridized carbons (Fsp3) is 0.350. The maximum atomic E-state index is 13.9. The van der Waals surface area contributed by atoms with Crippen molar-refractivity contribution in [2.45, 2.75) is 39.0 Å². The van der Waals surface area contributed by atoms with Crippen molar-refractivity contribution in [2.75, 3.05) is 16.8 Å². The molecule has 2 N–H and O–H groups in total. The molecule has 0 aliphatic carbocycles. The number of benzene rings is 1. The van der Waals surface area contributed by atoms with Gasteiger partial charge in [-0.15, -0.1) is 0 Å². The molecule has 9 nitrogen and oxygen atoms in total. The lowest BCUT2D eigenvalue weighted by Crippen LogP contribution is -2.40. The largest absolute Gasteiger partial charge is 0.447 e. The van der Waals surface area contributed by atoms with Crippen LogP contribution in [-0.4, -0.2) is 44.8 Å². The Morgan fingerprint density at radius 2 is 2.03 bits per heavy atom. The molecule has 31 heavy (non-hydrogen) atoms. The first-order chi connectivity index (χ1) is 14.7. The van der Waals surface area contributed by atoms with Crippen LogP contribution in [0.4, 0.5) is 21.1 Å². The smallest absolute Gasteiger partial charge is 0.417 e. The van der Waals surface area contributed by atoms with Crippen LogP contribution in [0.2, 0.25) is 5.02 Å². The first-order valence-corrected chi connectivity index (χ1v) is 10.0. The Balaban J connectivity index is 1.65. The van der Waals surface area contributed by atoms with E-state index in [-0.39, 0.29) is 24.1 Å². The zero-order valence-electron chi connectivity index (χ0n) is 17.0. The van der Waals surface area contributed by atoms with E-state index in [0.29, 0.717) is 21.9 Å². The molecule has 1 saturated heterocycles. The fourth-order valence-electron chi connectivity index (χ4n) is 3.43. The quantitative estimate of drug-likeness (QED) is 0.616. The number of hydrogen-bond acceptors (Lipinski definition) is 7. The standard InChI is InChI=1S/C20H20ClFN6O3/c1-9(22)16-8-31-20(30)28(16)19-25-11(3)24-18(27-19)23-10(2)14-7-12-6-13(21)4-5-15(12)26-17(14)29/h4-7,9-10,16H,8H2,1-3H3,(H,26,29)(H,23,24,25,27)/t9-,10+,16?/m0/s1. The SMILES string of the molecule is Cc1nc(N[C@H](C)c2cc3cc(Cl)ccc3[nH]c2=O)nc(N2C(=O)OCC2[C@H](C)F)n1. The predicted molar refractivity (Wildman–Crippen MR) is 114 cm³/mol. The Morgan fingerprint density at radius 3 is 2.77 bits per heavy atom. The average Bonchev–Trinajstić information content (AvgIpc) is 3.09. The summed E-state index contributed by atoms with van der Waals surface area (Å²) in [5.74, 6) is 0.452. The lowest BCUT2D eigenvalue weighted by Gasteiger charge is -2.21. The number of hydrogen-bond donors (Lipinski definition) is 2. The van der Waals surface area contributed by atoms with Crippen molar-refractivity contribution in [1.29, 1.82) is 0 Å². The maximum Gasteiger partial charge on any atom is 0.417 e. The molecule has 1 amide bonds. The number of pyridine rings is 1. The van der Waals surface area contributed by atoms with Gasteiger partial charge in [0.25, 0.3) is 5.56 Å². The summed E-state index contributed by atoms with van der Waals surface area (Å²) in [6.45, 7) is 4.65. The second-order valence-electron chi connectivity index (χ2n) is 7.35. The molecule has 1 aliphatic heterocycles. The number of aromatic nitrogens is 4. The number of cyclic esters (lactones) is 1. The Labute approximate surface area is 181 Å². The summed E-state index contributed by atoms with van der Waals surface area (Å²) < 4.78 is 18.9. The molecular formula is C20H20ClFN6O3. The van der Waals surface area contributed by atoms with Crippen LogP contribution in [0, 0.1) is 6.92 Å². The summed E-state index contributed by atoms with van der Waals surface area (Å²) in [6, 6.07) is 5.62. The van der Waals surface area contributed by atoms with Crippen LogP contribution in [0.5, 0.6) is 0 Å². The first-order valence-electron chi connectivity index (χ1n) is 9.64. The third kappa shape index (κ3) is 4.15. The van der Waals surface area contributed by atoms with Crippen LogP contribution in [0.1, 0.15) is 31.3 Å². The van der Waals surface area contributed by atoms with Gasteiger partial charge in [0.2, 0.25) is 11.9 Å². The normalized spacial score (nSPS) is 18.2. The molecule has 1 fully saturated rings. The van der Waals surface area contributed by atoms with Crippen LogP contribution < -0.4 is 15.8 Å². The van der Waals surface area contributed by atoms with Crippen LogP contribution in [0.15, 0.2) is 29.1 Å². The summed E-state index contributed by atoms with van der Waals surface area (Å²) >= 11 is 6.06. The molecule has 0 spiro atoms. The molecule has 0 saturated carbocycles. The van der Waals surface area contributed by atoms with Crippen molar-refractivity contribution >= 4 is 40.5 Å². The van der Waals surface area contributed by atoms with E-state index in [4.69, 9.17) is 16.3 Å². The summed E-state index contributed by atoms with van der Waals surface area (Å²) in [4.78, 5) is 41.2. The molecule has 1 aliphatic rings. The van der Waals surface area contributed by atoms with E-state index in [9.17, 15) is 14.0 Å². The second kappa shape index (κ2) is 8.10. The van der Waals surface area contributed by atoms with E-state index in [2.05, 4.69) is 25.3 Å². The predicted octanol–water partition coefficient (Wildman–Crippen LogP) is 3.53. The van der Waals surface area contributed by atoms with Gasteiger partial charge in [0, 0.05) is 21.5 Å². The number of nitrogens with one attached hydrogen (secondary N) is 2. The third-order valence-corrected chi connectivity index (χ3v) is 5.27. The van der Waals surface area contributed by atoms with E-state index in [0.717, 1.165) is 10.3 Å². The van der Waals surface area contributed by atoms with E-state index >= 15 is 0 Å². The number of aryl methyl sites for hydroxylation is 1. The van der Waals surface area contributed by atoms with Gasteiger partial charge < -0.3 is 15.0 Å². The molecule has 1 unspecified atom stereocenters. The molecule has 162 valence electrons. The lowest BCUT2D eigenvalue weighted by molar-refractivity contribution is 0.174. The van der Waals surface area contributed by atoms with Crippen molar-refractivity contribution in [1.82, 2.24) is 19.9 Å². The van der Waals surface area contributed by atoms with Crippen LogP contribution >= 0.6 is 11.6 Å². The first kappa shape index (κ1) is 21.0. The van der Waals surface area contributed by atoms with E-state index < -0.39 is 24.3 Å². The third-order valence-electron chi connectivity index (χ3n) is 5.03. The van der Waals surface area contributed by atoms with Crippen molar-refractivity contribution in [3.63, 3.8) is 0 Å². The average molecular weight is 447 g/mol. The number of rotatable bonds is 5. The van der Waals surface area contributed by atoms with Gasteiger partial charge in [-0.05, 0) is 45.0 Å². The lowest BCUT2D eigenvalue weighted by atomic mass is 10.1. The number of aromatic amines is 1. The number of fused-ring (bicyclic) bond motifs is 1. The number of H-pyrrole nitrogens is 1. The topological polar surface area (TPSA) is 113 Å². The highest BCUT2D eigenvalue weighted by Crippen LogP contribution is 2.25. The summed E-state index contributed by atoms with van der Waals surface area (Å²) in [6.07, 6.45) is -2.05. The van der Waals surface area contributed by atoms with Crippen molar-refractivity contribution in [3.05, 3.63) is 51.0 Å². The number of carbonyl (C=O) groups excluding carboxylic acids is 1. The van der Waals surface area contributed by atoms with Gasteiger partial charge in [0.15, 0.2) is 0 Å². The molecule has 3 atom stereocenters. The van der Waals surface area contributed by atoms with Crippen LogP contribution in [0.3, 0.4) is 0 Å². The Bertz CT molecular complexity index is 1220. The van der Waals surface area contributed by atoms with Crippen molar-refractivity contribution in [3.8, 4) is 0 Å². The van der Waals surface area contributed by atoms with Crippen LogP contribution in [-0.2, 0) is 4.74 Å². The number of carbonyl (C=O) groups is 1. The number of halogens is 2. The Morgan fingerprint density at radius 1 is 1.26 bits per heavy atom. The highest BCUT2D eigenvalue weighted by molar-refractivity contribution is 6.31. The van der Waals surface area contributed by atoms with E-state index in [1.807, 2.05) is 0 Å². The van der Waals surface area contributed by atoms with E-state index in [1.165, 1.54) is 6.92 Å². The molecule has 11 heteroatoms. The molecule has 0 bridgehead atoms. The number of amides is 1. The highest BCUT2D eigenvalue weighted by atomic mass is 35.5. The zero-order valence-corrected chi connectivity index (χ0v) is 17.8. The molecule has 0 radical (unpaired) electrons. The molecule has 3 heterocycles. The fourth-order valence-corrected chi connectivity index (χ4v) is 3.61. The molecule has 3 aromatic rings. The molecule has 2 aromatic heterocycles. The molecule has 1 aromatic carbocycles. The minimum atomic E-state index is -1.33. The van der Waals surface area contributed by atoms with Crippen molar-refractivity contribution < 1.29 is 13.9 Å². The number of anilines is 2. The van der Waals surface area contributed by atoms with Gasteiger partial charge in [0.1, 0.15) is 24.6 Å². The number of nitrogens with zero attached hydrogens (tertiary/aromatic N) is 4. The Kier molecular flexibility index (Phi) is 5.48. The monoisotopic (exact) mass is 446 g/mol. The van der Waals surface area contributed by atoms with Gasteiger partial charge in [-0.25, -0.2) is 14.1 Å². The van der Waals surface area contributed by atoms with Gasteiger partial charge >= 0.3 is 6.09 Å². The van der Waals surface area contributed by atoms with Gasteiger partial charge in [0.05, 0.1) is 6.04 Å².